The normalized spacial score (nSPS) is 13.6. The maximum atomic E-state index is 14.3. The van der Waals surface area contributed by atoms with E-state index in [1.165, 1.54) is 22.9 Å². The minimum absolute atomic E-state index is 0.125. The number of halogens is 1. The molecule has 1 aliphatic rings. The fraction of sp³-hybridized carbons (Fsp3) is 0.250. The van der Waals surface area contributed by atoms with Crippen LogP contribution in [-0.2, 0) is 0 Å². The summed E-state index contributed by atoms with van der Waals surface area (Å²) in [6, 6.07) is 13.9. The maximum Gasteiger partial charge on any atom is 0.280 e. The van der Waals surface area contributed by atoms with Gasteiger partial charge in [-0.05, 0) is 50.5 Å². The molecule has 0 spiro atoms. The van der Waals surface area contributed by atoms with E-state index in [1.807, 2.05) is 0 Å². The summed E-state index contributed by atoms with van der Waals surface area (Å²) in [6.45, 7) is 2.96. The van der Waals surface area contributed by atoms with Crippen molar-refractivity contribution in [2.24, 2.45) is 0 Å². The molecule has 7 nitrogen and oxygen atoms in total. The van der Waals surface area contributed by atoms with Gasteiger partial charge in [0.15, 0.2) is 5.69 Å². The third-order valence-electron chi connectivity index (χ3n) is 5.45. The second-order valence-electron chi connectivity index (χ2n) is 7.71. The van der Waals surface area contributed by atoms with Crippen molar-refractivity contribution in [3.05, 3.63) is 87.6 Å². The summed E-state index contributed by atoms with van der Waals surface area (Å²) < 4.78 is 15.5. The van der Waals surface area contributed by atoms with Crippen LogP contribution in [0.15, 0.2) is 59.4 Å². The molecule has 0 bridgehead atoms. The first-order chi connectivity index (χ1) is 15.5. The SMILES string of the molecule is Cc1cc(=O)c(C(=O)Nc2ccccc2C(=O)N2CCCCC2)nn1-c1ccccc1F. The Hall–Kier alpha value is -3.81. The lowest BCUT2D eigenvalue weighted by atomic mass is 10.1. The number of rotatable bonds is 4. The summed E-state index contributed by atoms with van der Waals surface area (Å²) in [5, 5.41) is 6.76. The Bertz CT molecular complexity index is 1230. The standard InChI is InChI=1S/C24H23FN4O3/c1-16-15-21(30)22(27-29(16)20-12-6-4-10-18(20)25)23(31)26-19-11-5-3-9-17(19)24(32)28-13-7-2-8-14-28/h3-6,9-12,15H,2,7-8,13-14H2,1H3,(H,26,31). The Morgan fingerprint density at radius 2 is 1.69 bits per heavy atom. The van der Waals surface area contributed by atoms with Crippen molar-refractivity contribution < 1.29 is 14.0 Å². The molecule has 1 saturated heterocycles. The van der Waals surface area contributed by atoms with E-state index in [2.05, 4.69) is 10.4 Å². The summed E-state index contributed by atoms with van der Waals surface area (Å²) >= 11 is 0. The Kier molecular flexibility index (Phi) is 6.11. The molecule has 0 saturated carbocycles. The smallest absolute Gasteiger partial charge is 0.280 e. The third kappa shape index (κ3) is 4.30. The first-order valence-corrected chi connectivity index (χ1v) is 10.5. The molecule has 4 rings (SSSR count). The zero-order valence-corrected chi connectivity index (χ0v) is 17.7. The number of hydrogen-bond donors (Lipinski definition) is 1. The van der Waals surface area contributed by atoms with Crippen LogP contribution in [0.2, 0.25) is 0 Å². The van der Waals surface area contributed by atoms with Gasteiger partial charge in [0.2, 0.25) is 5.43 Å². The van der Waals surface area contributed by atoms with Gasteiger partial charge >= 0.3 is 0 Å². The molecule has 1 aliphatic heterocycles. The van der Waals surface area contributed by atoms with Gasteiger partial charge in [0.1, 0.15) is 11.5 Å². The first kappa shape index (κ1) is 21.4. The number of nitrogens with one attached hydrogen (secondary N) is 1. The number of anilines is 1. The monoisotopic (exact) mass is 434 g/mol. The van der Waals surface area contributed by atoms with Gasteiger partial charge in [-0.1, -0.05) is 24.3 Å². The molecule has 164 valence electrons. The van der Waals surface area contributed by atoms with Gasteiger partial charge in [-0.3, -0.25) is 14.4 Å². The van der Waals surface area contributed by atoms with Crippen LogP contribution in [0.3, 0.4) is 0 Å². The van der Waals surface area contributed by atoms with E-state index in [9.17, 15) is 18.8 Å². The molecule has 8 heteroatoms. The molecule has 3 aromatic rings. The lowest BCUT2D eigenvalue weighted by Crippen LogP contribution is -2.36. The van der Waals surface area contributed by atoms with E-state index in [-0.39, 0.29) is 17.3 Å². The first-order valence-electron chi connectivity index (χ1n) is 10.5. The van der Waals surface area contributed by atoms with Crippen molar-refractivity contribution in [3.8, 4) is 5.69 Å². The number of benzene rings is 2. The predicted molar refractivity (Wildman–Crippen MR) is 119 cm³/mol. The summed E-state index contributed by atoms with van der Waals surface area (Å²) in [4.78, 5) is 40.2. The van der Waals surface area contributed by atoms with E-state index >= 15 is 0 Å². The van der Waals surface area contributed by atoms with Crippen LogP contribution in [0, 0.1) is 12.7 Å². The van der Waals surface area contributed by atoms with Crippen LogP contribution in [0.4, 0.5) is 10.1 Å². The zero-order valence-electron chi connectivity index (χ0n) is 17.7. The number of amides is 2. The van der Waals surface area contributed by atoms with Gasteiger partial charge in [0.25, 0.3) is 11.8 Å². The maximum absolute atomic E-state index is 14.3. The van der Waals surface area contributed by atoms with E-state index in [0.29, 0.717) is 30.0 Å². The van der Waals surface area contributed by atoms with Crippen molar-refractivity contribution in [1.82, 2.24) is 14.7 Å². The minimum atomic E-state index is -0.765. The fourth-order valence-corrected chi connectivity index (χ4v) is 3.80. The van der Waals surface area contributed by atoms with E-state index in [0.717, 1.165) is 19.3 Å². The van der Waals surface area contributed by atoms with Gasteiger partial charge in [-0.2, -0.15) is 5.10 Å². The number of aryl methyl sites for hydroxylation is 1. The molecular weight excluding hydrogens is 411 g/mol. The topological polar surface area (TPSA) is 84.3 Å². The zero-order chi connectivity index (χ0) is 22.7. The average Bonchev–Trinajstić information content (AvgIpc) is 2.80. The van der Waals surface area contributed by atoms with Crippen molar-refractivity contribution in [2.45, 2.75) is 26.2 Å². The van der Waals surface area contributed by atoms with Crippen molar-refractivity contribution >= 4 is 17.5 Å². The molecule has 0 unspecified atom stereocenters. The lowest BCUT2D eigenvalue weighted by Gasteiger charge is -2.27. The number of likely N-dealkylation sites (tertiary alicyclic amines) is 1. The molecular formula is C24H23FN4O3. The largest absolute Gasteiger partial charge is 0.339 e. The second-order valence-corrected chi connectivity index (χ2v) is 7.71. The molecule has 0 aliphatic carbocycles. The van der Waals surface area contributed by atoms with Crippen molar-refractivity contribution in [2.75, 3.05) is 18.4 Å². The molecule has 1 N–H and O–H groups in total. The minimum Gasteiger partial charge on any atom is -0.339 e. The molecule has 32 heavy (non-hydrogen) atoms. The Balaban J connectivity index is 1.66. The van der Waals surface area contributed by atoms with Crippen molar-refractivity contribution in [1.29, 1.82) is 0 Å². The number of piperidine rings is 1. The van der Waals surface area contributed by atoms with Crippen LogP contribution in [0.25, 0.3) is 5.69 Å². The lowest BCUT2D eigenvalue weighted by molar-refractivity contribution is 0.0725. The molecule has 0 radical (unpaired) electrons. The van der Waals surface area contributed by atoms with Gasteiger partial charge in [-0.25, -0.2) is 9.07 Å². The Labute approximate surface area is 184 Å². The van der Waals surface area contributed by atoms with Crippen LogP contribution >= 0.6 is 0 Å². The number of carbonyl (C=O) groups is 2. The van der Waals surface area contributed by atoms with E-state index in [4.69, 9.17) is 0 Å². The van der Waals surface area contributed by atoms with Gasteiger partial charge in [-0.15, -0.1) is 0 Å². The molecule has 0 atom stereocenters. The molecule has 2 heterocycles. The third-order valence-corrected chi connectivity index (χ3v) is 5.45. The number of hydrogen-bond acceptors (Lipinski definition) is 4. The fourth-order valence-electron chi connectivity index (χ4n) is 3.80. The van der Waals surface area contributed by atoms with E-state index < -0.39 is 17.2 Å². The molecule has 1 fully saturated rings. The number of nitrogens with zero attached hydrogens (tertiary/aromatic N) is 3. The van der Waals surface area contributed by atoms with Gasteiger partial charge in [0, 0.05) is 24.8 Å². The summed E-state index contributed by atoms with van der Waals surface area (Å²) in [5.41, 5.74) is 0.181. The van der Waals surface area contributed by atoms with Crippen LogP contribution < -0.4 is 10.7 Å². The number of carbonyl (C=O) groups excluding carboxylic acids is 2. The highest BCUT2D eigenvalue weighted by Gasteiger charge is 2.23. The van der Waals surface area contributed by atoms with Crippen LogP contribution in [0.1, 0.15) is 45.8 Å². The van der Waals surface area contributed by atoms with Gasteiger partial charge < -0.3 is 10.2 Å². The van der Waals surface area contributed by atoms with Crippen LogP contribution in [-0.4, -0.2) is 39.6 Å². The quantitative estimate of drug-likeness (QED) is 0.681. The molecule has 2 aromatic carbocycles. The van der Waals surface area contributed by atoms with Crippen molar-refractivity contribution in [3.63, 3.8) is 0 Å². The van der Waals surface area contributed by atoms with Gasteiger partial charge in [0.05, 0.1) is 11.3 Å². The molecule has 2 amide bonds. The van der Waals surface area contributed by atoms with E-state index in [1.54, 1.807) is 48.2 Å². The predicted octanol–water partition coefficient (Wildman–Crippen LogP) is 3.56. The number of para-hydroxylation sites is 2. The highest BCUT2D eigenvalue weighted by atomic mass is 19.1. The molecule has 1 aromatic heterocycles. The summed E-state index contributed by atoms with van der Waals surface area (Å²) in [6.07, 6.45) is 2.99. The Morgan fingerprint density at radius 1 is 1.00 bits per heavy atom. The summed E-state index contributed by atoms with van der Waals surface area (Å²) in [7, 11) is 0. The second kappa shape index (κ2) is 9.13. The Morgan fingerprint density at radius 3 is 2.44 bits per heavy atom. The summed E-state index contributed by atoms with van der Waals surface area (Å²) in [5.74, 6) is -1.46. The highest BCUT2D eigenvalue weighted by molar-refractivity contribution is 6.08. The highest BCUT2D eigenvalue weighted by Crippen LogP contribution is 2.21. The van der Waals surface area contributed by atoms with Crippen LogP contribution in [0.5, 0.6) is 0 Å². The average molecular weight is 434 g/mol. The number of aromatic nitrogens is 2.